The number of benzene rings is 3. The average Bonchev–Trinajstić information content (AvgIpc) is 2.90. The highest BCUT2D eigenvalue weighted by atomic mass is 16.6. The molecule has 3 aromatic carbocycles. The minimum absolute atomic E-state index is 0.0828. The van der Waals surface area contributed by atoms with Crippen LogP contribution in [0.15, 0.2) is 65.8 Å². The molecule has 0 aliphatic carbocycles. The van der Waals surface area contributed by atoms with Crippen molar-refractivity contribution in [2.75, 3.05) is 20.8 Å². The quantitative estimate of drug-likeness (QED) is 0.135. The lowest BCUT2D eigenvalue weighted by Gasteiger charge is -2.11. The second-order valence-corrected chi connectivity index (χ2v) is 7.49. The van der Waals surface area contributed by atoms with E-state index in [9.17, 15) is 19.7 Å². The van der Waals surface area contributed by atoms with Gasteiger partial charge in [0.05, 0.1) is 43.9 Å². The molecule has 0 aromatic heterocycles. The molecule has 0 radical (unpaired) electrons. The van der Waals surface area contributed by atoms with E-state index in [4.69, 9.17) is 18.9 Å². The van der Waals surface area contributed by atoms with Gasteiger partial charge < -0.3 is 18.9 Å². The monoisotopic (exact) mass is 507 g/mol. The lowest BCUT2D eigenvalue weighted by atomic mass is 10.1. The number of methoxy groups -OCH3 is 2. The highest BCUT2D eigenvalue weighted by molar-refractivity contribution is 5.92. The molecule has 0 aliphatic rings. The zero-order valence-electron chi connectivity index (χ0n) is 20.4. The van der Waals surface area contributed by atoms with Crippen molar-refractivity contribution in [3.8, 4) is 23.0 Å². The van der Waals surface area contributed by atoms with Crippen molar-refractivity contribution >= 4 is 23.8 Å². The van der Waals surface area contributed by atoms with E-state index >= 15 is 0 Å². The molecule has 0 fully saturated rings. The smallest absolute Gasteiger partial charge is 0.343 e. The number of nitrogens with zero attached hydrogens (tertiary/aromatic N) is 2. The largest absolute Gasteiger partial charge is 0.493 e. The van der Waals surface area contributed by atoms with Crippen molar-refractivity contribution in [2.24, 2.45) is 5.10 Å². The first-order chi connectivity index (χ1) is 17.8. The number of hydrogen-bond donors (Lipinski definition) is 1. The number of nitro benzene ring substituents is 1. The van der Waals surface area contributed by atoms with Crippen LogP contribution in [0.2, 0.25) is 0 Å². The summed E-state index contributed by atoms with van der Waals surface area (Å²) in [5, 5.41) is 14.8. The minimum atomic E-state index is -0.695. The van der Waals surface area contributed by atoms with Gasteiger partial charge in [-0.15, -0.1) is 0 Å². The van der Waals surface area contributed by atoms with Gasteiger partial charge in [-0.25, -0.2) is 10.2 Å². The summed E-state index contributed by atoms with van der Waals surface area (Å²) < 4.78 is 21.4. The van der Waals surface area contributed by atoms with Crippen LogP contribution in [-0.2, 0) is 11.2 Å². The van der Waals surface area contributed by atoms with E-state index in [1.54, 1.807) is 37.3 Å². The zero-order chi connectivity index (χ0) is 26.8. The Morgan fingerprint density at radius 3 is 2.30 bits per heavy atom. The van der Waals surface area contributed by atoms with E-state index in [0.29, 0.717) is 29.4 Å². The van der Waals surface area contributed by atoms with Crippen molar-refractivity contribution < 1.29 is 33.5 Å². The number of amides is 1. The Hall–Kier alpha value is -4.93. The van der Waals surface area contributed by atoms with Gasteiger partial charge in [-0.05, 0) is 60.5 Å². The molecule has 0 saturated carbocycles. The summed E-state index contributed by atoms with van der Waals surface area (Å²) in [7, 11) is 3.05. The fourth-order valence-corrected chi connectivity index (χ4v) is 3.23. The maximum absolute atomic E-state index is 12.5. The van der Waals surface area contributed by atoms with Crippen molar-refractivity contribution in [1.82, 2.24) is 5.43 Å². The normalized spacial score (nSPS) is 10.6. The summed E-state index contributed by atoms with van der Waals surface area (Å²) in [6, 6.07) is 15.0. The molecule has 1 amide bonds. The van der Waals surface area contributed by atoms with Crippen LogP contribution in [-0.4, -0.2) is 43.8 Å². The van der Waals surface area contributed by atoms with Gasteiger partial charge in [-0.1, -0.05) is 6.07 Å². The first-order valence-corrected chi connectivity index (χ1v) is 11.1. The number of non-ortho nitro benzene ring substituents is 1. The van der Waals surface area contributed by atoms with Crippen LogP contribution in [0.25, 0.3) is 0 Å². The van der Waals surface area contributed by atoms with E-state index in [2.05, 4.69) is 10.5 Å². The predicted molar refractivity (Wildman–Crippen MR) is 135 cm³/mol. The van der Waals surface area contributed by atoms with E-state index in [1.165, 1.54) is 50.8 Å². The molecule has 0 aliphatic heterocycles. The highest BCUT2D eigenvalue weighted by Crippen LogP contribution is 2.29. The molecule has 0 bridgehead atoms. The maximum atomic E-state index is 12.5. The van der Waals surface area contributed by atoms with Gasteiger partial charge >= 0.3 is 5.97 Å². The SMILES string of the molecule is CCOc1cc(/C=N/NC(=O)Cc2ccc(OC)c(OC)c2)ccc1OC(=O)c1ccc([N+](=O)[O-])cc1. The molecule has 0 unspecified atom stereocenters. The fraction of sp³-hybridized carbons (Fsp3) is 0.192. The van der Waals surface area contributed by atoms with Crippen LogP contribution < -0.4 is 24.4 Å². The van der Waals surface area contributed by atoms with Crippen LogP contribution in [0.3, 0.4) is 0 Å². The average molecular weight is 507 g/mol. The minimum Gasteiger partial charge on any atom is -0.493 e. The molecular weight excluding hydrogens is 482 g/mol. The summed E-state index contributed by atoms with van der Waals surface area (Å²) >= 11 is 0. The predicted octanol–water partition coefficient (Wildman–Crippen LogP) is 3.92. The highest BCUT2D eigenvalue weighted by Gasteiger charge is 2.15. The first-order valence-electron chi connectivity index (χ1n) is 11.1. The molecule has 37 heavy (non-hydrogen) atoms. The standard InChI is InChI=1S/C26H25N3O8/c1-4-36-24-14-18(6-12-22(24)37-26(31)19-7-9-20(10-8-19)29(32)33)16-27-28-25(30)15-17-5-11-21(34-2)23(13-17)35-3/h5-14,16H,4,15H2,1-3H3,(H,28,30)/b27-16+. The van der Waals surface area contributed by atoms with Gasteiger partial charge in [0.2, 0.25) is 5.91 Å². The number of rotatable bonds is 11. The molecular formula is C26H25N3O8. The Morgan fingerprint density at radius 2 is 1.65 bits per heavy atom. The van der Waals surface area contributed by atoms with Crippen molar-refractivity contribution in [1.29, 1.82) is 0 Å². The van der Waals surface area contributed by atoms with Crippen molar-refractivity contribution in [3.05, 3.63) is 87.5 Å². The number of carbonyl (C=O) groups is 2. The lowest BCUT2D eigenvalue weighted by Crippen LogP contribution is -2.19. The summed E-state index contributed by atoms with van der Waals surface area (Å²) in [6.07, 6.45) is 1.51. The Balaban J connectivity index is 1.64. The Kier molecular flexibility index (Phi) is 9.14. The number of hydrogen-bond acceptors (Lipinski definition) is 9. The van der Waals surface area contributed by atoms with Crippen LogP contribution in [0.1, 0.15) is 28.4 Å². The number of carbonyl (C=O) groups excluding carboxylic acids is 2. The van der Waals surface area contributed by atoms with E-state index in [0.717, 1.165) is 5.56 Å². The van der Waals surface area contributed by atoms with Crippen LogP contribution >= 0.6 is 0 Å². The second-order valence-electron chi connectivity index (χ2n) is 7.49. The van der Waals surface area contributed by atoms with Crippen LogP contribution in [0, 0.1) is 10.1 Å². The third kappa shape index (κ3) is 7.28. The van der Waals surface area contributed by atoms with Gasteiger partial charge in [0.15, 0.2) is 23.0 Å². The number of nitro groups is 1. The van der Waals surface area contributed by atoms with Gasteiger partial charge in [0.25, 0.3) is 5.69 Å². The number of nitrogens with one attached hydrogen (secondary N) is 1. The van der Waals surface area contributed by atoms with Crippen molar-refractivity contribution in [2.45, 2.75) is 13.3 Å². The Labute approximate surface area is 212 Å². The van der Waals surface area contributed by atoms with Gasteiger partial charge in [-0.3, -0.25) is 14.9 Å². The molecule has 3 aromatic rings. The zero-order valence-corrected chi connectivity index (χ0v) is 20.4. The topological polar surface area (TPSA) is 139 Å². The maximum Gasteiger partial charge on any atom is 0.343 e. The summed E-state index contributed by atoms with van der Waals surface area (Å²) in [4.78, 5) is 35.0. The fourth-order valence-electron chi connectivity index (χ4n) is 3.23. The molecule has 11 heteroatoms. The molecule has 1 N–H and O–H groups in total. The van der Waals surface area contributed by atoms with Gasteiger partial charge in [0.1, 0.15) is 0 Å². The summed E-state index contributed by atoms with van der Waals surface area (Å²) in [5.74, 6) is 0.519. The Bertz CT molecular complexity index is 1310. The van der Waals surface area contributed by atoms with Gasteiger partial charge in [0, 0.05) is 12.1 Å². The molecule has 3 rings (SSSR count). The summed E-state index contributed by atoms with van der Waals surface area (Å²) in [5.41, 5.74) is 3.79. The molecule has 0 spiro atoms. The molecule has 0 heterocycles. The molecule has 0 atom stereocenters. The molecule has 0 saturated heterocycles. The summed E-state index contributed by atoms with van der Waals surface area (Å²) in [6.45, 7) is 2.09. The van der Waals surface area contributed by atoms with Gasteiger partial charge in [-0.2, -0.15) is 5.10 Å². The second kappa shape index (κ2) is 12.7. The third-order valence-corrected chi connectivity index (χ3v) is 5.00. The first kappa shape index (κ1) is 26.7. The van der Waals surface area contributed by atoms with E-state index < -0.39 is 10.9 Å². The van der Waals surface area contributed by atoms with Crippen LogP contribution in [0.5, 0.6) is 23.0 Å². The molecule has 192 valence electrons. The number of ether oxygens (including phenoxy) is 4. The lowest BCUT2D eigenvalue weighted by molar-refractivity contribution is -0.384. The van der Waals surface area contributed by atoms with Crippen molar-refractivity contribution in [3.63, 3.8) is 0 Å². The van der Waals surface area contributed by atoms with E-state index in [-0.39, 0.29) is 29.3 Å². The molecule has 11 nitrogen and oxygen atoms in total. The van der Waals surface area contributed by atoms with Crippen LogP contribution in [0.4, 0.5) is 5.69 Å². The number of hydrazone groups is 1. The third-order valence-electron chi connectivity index (χ3n) is 5.00. The van der Waals surface area contributed by atoms with E-state index in [1.807, 2.05) is 0 Å². The Morgan fingerprint density at radius 1 is 0.946 bits per heavy atom. The number of esters is 1.